The van der Waals surface area contributed by atoms with E-state index < -0.39 is 10.0 Å². The number of imidazole rings is 1. The Morgan fingerprint density at radius 2 is 2.21 bits per heavy atom. The van der Waals surface area contributed by atoms with Gasteiger partial charge < -0.3 is 4.57 Å². The van der Waals surface area contributed by atoms with Gasteiger partial charge in [-0.1, -0.05) is 28.8 Å². The van der Waals surface area contributed by atoms with E-state index in [9.17, 15) is 8.42 Å². The van der Waals surface area contributed by atoms with E-state index in [1.807, 2.05) is 6.92 Å². The molecular formula is C12H20BrN3O2S. The largest absolute Gasteiger partial charge is 0.336 e. The molecule has 1 aliphatic rings. The molecule has 2 atom stereocenters. The Morgan fingerprint density at radius 3 is 2.84 bits per heavy atom. The van der Waals surface area contributed by atoms with E-state index in [0.29, 0.717) is 23.8 Å². The van der Waals surface area contributed by atoms with Gasteiger partial charge in [0.1, 0.15) is 0 Å². The average Bonchev–Trinajstić information content (AvgIpc) is 2.87. The lowest BCUT2D eigenvalue weighted by molar-refractivity contribution is 0.373. The van der Waals surface area contributed by atoms with Crippen LogP contribution in [0, 0.1) is 5.92 Å². The molecule has 0 spiro atoms. The predicted octanol–water partition coefficient (Wildman–Crippen LogP) is 2.13. The maximum Gasteiger partial charge on any atom is 0.259 e. The van der Waals surface area contributed by atoms with E-state index in [0.717, 1.165) is 12.8 Å². The van der Waals surface area contributed by atoms with Crippen molar-refractivity contribution >= 4 is 26.0 Å². The van der Waals surface area contributed by atoms with E-state index >= 15 is 0 Å². The van der Waals surface area contributed by atoms with Crippen LogP contribution in [-0.4, -0.2) is 29.3 Å². The quantitative estimate of drug-likeness (QED) is 0.828. The monoisotopic (exact) mass is 349 g/mol. The molecule has 0 radical (unpaired) electrons. The Hall–Kier alpha value is -0.400. The van der Waals surface area contributed by atoms with Gasteiger partial charge in [0.2, 0.25) is 0 Å². The van der Waals surface area contributed by atoms with Gasteiger partial charge in [-0.25, -0.2) is 18.1 Å². The first-order chi connectivity index (χ1) is 9.03. The van der Waals surface area contributed by atoms with E-state index in [4.69, 9.17) is 0 Å². The molecule has 1 saturated carbocycles. The zero-order valence-electron chi connectivity index (χ0n) is 11.0. The number of nitrogens with one attached hydrogen (secondary N) is 1. The first-order valence-electron chi connectivity index (χ1n) is 6.68. The summed E-state index contributed by atoms with van der Waals surface area (Å²) in [4.78, 5) is 4.36. The minimum atomic E-state index is -3.48. The zero-order chi connectivity index (χ0) is 13.9. The molecule has 7 heteroatoms. The summed E-state index contributed by atoms with van der Waals surface area (Å²) < 4.78 is 28.6. The SMILES string of the molecule is CCn1cnc(S(=O)(=O)NCC2CCCCC2Br)c1. The molecule has 108 valence electrons. The van der Waals surface area contributed by atoms with Gasteiger partial charge in [0, 0.05) is 24.1 Å². The van der Waals surface area contributed by atoms with Crippen LogP contribution in [0.3, 0.4) is 0 Å². The number of alkyl halides is 1. The molecule has 1 aromatic heterocycles. The predicted molar refractivity (Wildman–Crippen MR) is 77.8 cm³/mol. The van der Waals surface area contributed by atoms with Crippen molar-refractivity contribution in [3.05, 3.63) is 12.5 Å². The molecule has 0 bridgehead atoms. The number of aromatic nitrogens is 2. The summed E-state index contributed by atoms with van der Waals surface area (Å²) in [5.41, 5.74) is 0. The van der Waals surface area contributed by atoms with Crippen LogP contribution in [0.5, 0.6) is 0 Å². The minimum absolute atomic E-state index is 0.108. The first kappa shape index (κ1) is 15.0. The lowest BCUT2D eigenvalue weighted by Crippen LogP contribution is -2.34. The van der Waals surface area contributed by atoms with Crippen LogP contribution < -0.4 is 4.72 Å². The number of rotatable bonds is 5. The number of sulfonamides is 1. The van der Waals surface area contributed by atoms with Crippen LogP contribution in [0.2, 0.25) is 0 Å². The number of hydrogen-bond acceptors (Lipinski definition) is 3. The van der Waals surface area contributed by atoms with Gasteiger partial charge in [-0.2, -0.15) is 0 Å². The summed E-state index contributed by atoms with van der Waals surface area (Å²) in [6.07, 6.45) is 7.70. The Bertz CT molecular complexity index is 515. The summed E-state index contributed by atoms with van der Waals surface area (Å²) in [6, 6.07) is 0. The fraction of sp³-hybridized carbons (Fsp3) is 0.750. The maximum atomic E-state index is 12.1. The van der Waals surface area contributed by atoms with Gasteiger partial charge in [-0.05, 0) is 25.7 Å². The van der Waals surface area contributed by atoms with Crippen LogP contribution in [0.15, 0.2) is 17.6 Å². The van der Waals surface area contributed by atoms with Crippen molar-refractivity contribution in [2.75, 3.05) is 6.54 Å². The van der Waals surface area contributed by atoms with Crippen molar-refractivity contribution in [1.29, 1.82) is 0 Å². The summed E-state index contributed by atoms with van der Waals surface area (Å²) in [6.45, 7) is 3.15. The number of halogens is 1. The third-order valence-electron chi connectivity index (χ3n) is 3.60. The second-order valence-electron chi connectivity index (χ2n) is 4.95. The molecule has 0 saturated heterocycles. The molecule has 2 rings (SSSR count). The highest BCUT2D eigenvalue weighted by molar-refractivity contribution is 9.09. The van der Waals surface area contributed by atoms with E-state index in [1.54, 1.807) is 17.1 Å². The topological polar surface area (TPSA) is 64.0 Å². The molecule has 0 amide bonds. The van der Waals surface area contributed by atoms with Gasteiger partial charge in [0.05, 0.1) is 6.33 Å². The highest BCUT2D eigenvalue weighted by Gasteiger charge is 2.25. The normalized spacial score (nSPS) is 24.5. The van der Waals surface area contributed by atoms with Crippen LogP contribution in [-0.2, 0) is 16.6 Å². The molecular weight excluding hydrogens is 330 g/mol. The van der Waals surface area contributed by atoms with Crippen LogP contribution in [0.1, 0.15) is 32.6 Å². The van der Waals surface area contributed by atoms with Crippen molar-refractivity contribution in [2.24, 2.45) is 5.92 Å². The van der Waals surface area contributed by atoms with Crippen LogP contribution >= 0.6 is 15.9 Å². The van der Waals surface area contributed by atoms with Crippen molar-refractivity contribution in [3.63, 3.8) is 0 Å². The Balaban J connectivity index is 1.97. The molecule has 5 nitrogen and oxygen atoms in total. The fourth-order valence-corrected chi connectivity index (χ4v) is 4.15. The standard InChI is InChI=1S/C12H20BrN3O2S/c1-2-16-8-12(14-9-16)19(17,18)15-7-10-5-3-4-6-11(10)13/h8-11,15H,2-7H2,1H3. The Morgan fingerprint density at radius 1 is 1.47 bits per heavy atom. The second kappa shape index (κ2) is 6.37. The Kier molecular flexibility index (Phi) is 5.03. The highest BCUT2D eigenvalue weighted by Crippen LogP contribution is 2.29. The summed E-state index contributed by atoms with van der Waals surface area (Å²) in [5, 5.41) is 0.108. The second-order valence-corrected chi connectivity index (χ2v) is 7.84. The van der Waals surface area contributed by atoms with Crippen LogP contribution in [0.25, 0.3) is 0 Å². The van der Waals surface area contributed by atoms with E-state index in [1.165, 1.54) is 12.8 Å². The molecule has 0 aromatic carbocycles. The highest BCUT2D eigenvalue weighted by atomic mass is 79.9. The average molecular weight is 350 g/mol. The molecule has 19 heavy (non-hydrogen) atoms. The zero-order valence-corrected chi connectivity index (χ0v) is 13.5. The maximum absolute atomic E-state index is 12.1. The fourth-order valence-electron chi connectivity index (χ4n) is 2.33. The third-order valence-corrected chi connectivity index (χ3v) is 6.12. The van der Waals surface area contributed by atoms with Crippen molar-refractivity contribution in [1.82, 2.24) is 14.3 Å². The number of hydrogen-bond donors (Lipinski definition) is 1. The molecule has 1 N–H and O–H groups in total. The van der Waals surface area contributed by atoms with E-state index in [2.05, 4.69) is 25.6 Å². The van der Waals surface area contributed by atoms with Gasteiger partial charge in [-0.15, -0.1) is 0 Å². The molecule has 1 fully saturated rings. The van der Waals surface area contributed by atoms with Crippen LogP contribution in [0.4, 0.5) is 0 Å². The van der Waals surface area contributed by atoms with Gasteiger partial charge >= 0.3 is 0 Å². The smallest absolute Gasteiger partial charge is 0.259 e. The van der Waals surface area contributed by atoms with E-state index in [-0.39, 0.29) is 5.03 Å². The molecule has 1 aliphatic carbocycles. The third kappa shape index (κ3) is 3.79. The Labute approximate surface area is 123 Å². The molecule has 2 unspecified atom stereocenters. The minimum Gasteiger partial charge on any atom is -0.336 e. The molecule has 1 aromatic rings. The lowest BCUT2D eigenvalue weighted by atomic mass is 9.89. The van der Waals surface area contributed by atoms with Gasteiger partial charge in [0.25, 0.3) is 10.0 Å². The first-order valence-corrected chi connectivity index (χ1v) is 9.08. The van der Waals surface area contributed by atoms with Gasteiger partial charge in [0.15, 0.2) is 5.03 Å². The molecule has 1 heterocycles. The van der Waals surface area contributed by atoms with Gasteiger partial charge in [-0.3, -0.25) is 0 Å². The lowest BCUT2D eigenvalue weighted by Gasteiger charge is -2.27. The summed E-state index contributed by atoms with van der Waals surface area (Å²) >= 11 is 3.64. The summed E-state index contributed by atoms with van der Waals surface area (Å²) in [7, 11) is -3.48. The van der Waals surface area contributed by atoms with Crippen molar-refractivity contribution < 1.29 is 8.42 Å². The number of aryl methyl sites for hydroxylation is 1. The van der Waals surface area contributed by atoms with Crippen molar-refractivity contribution in [2.45, 2.75) is 49.0 Å². The summed E-state index contributed by atoms with van der Waals surface area (Å²) in [5.74, 6) is 0.372. The van der Waals surface area contributed by atoms with Crippen molar-refractivity contribution in [3.8, 4) is 0 Å². The molecule has 0 aliphatic heterocycles. The number of nitrogens with zero attached hydrogens (tertiary/aromatic N) is 2.